The first-order chi connectivity index (χ1) is 11.2. The van der Waals surface area contributed by atoms with Gasteiger partial charge in [0.25, 0.3) is 0 Å². The minimum absolute atomic E-state index is 0.00744. The summed E-state index contributed by atoms with van der Waals surface area (Å²) >= 11 is 2.64. The summed E-state index contributed by atoms with van der Waals surface area (Å²) in [5.41, 5.74) is 0. The second kappa shape index (κ2) is 8.79. The highest BCUT2D eigenvalue weighted by Crippen LogP contribution is 2.43. The molecule has 2 aliphatic rings. The normalized spacial score (nSPS) is 34.5. The van der Waals surface area contributed by atoms with Crippen LogP contribution in [-0.2, 0) is 0 Å². The van der Waals surface area contributed by atoms with Crippen molar-refractivity contribution in [2.45, 2.75) is 73.0 Å². The van der Waals surface area contributed by atoms with Gasteiger partial charge in [0.2, 0.25) is 0 Å². The SMILES string of the molecule is CN(C)C(O)C1CCC(SNC(C2CCC(F)CC2)C(F)(F)F)S1. The number of hydrogen-bond acceptors (Lipinski definition) is 5. The highest BCUT2D eigenvalue weighted by molar-refractivity contribution is 8.16. The van der Waals surface area contributed by atoms with Gasteiger partial charge in [0.15, 0.2) is 0 Å². The topological polar surface area (TPSA) is 35.5 Å². The molecule has 1 saturated heterocycles. The van der Waals surface area contributed by atoms with Crippen LogP contribution in [0.15, 0.2) is 0 Å². The number of nitrogens with zero attached hydrogens (tertiary/aromatic N) is 1. The Balaban J connectivity index is 1.85. The highest BCUT2D eigenvalue weighted by atomic mass is 32.2. The molecule has 0 spiro atoms. The van der Waals surface area contributed by atoms with Crippen molar-refractivity contribution in [1.29, 1.82) is 0 Å². The van der Waals surface area contributed by atoms with Crippen molar-refractivity contribution in [3.05, 3.63) is 0 Å². The predicted octanol–water partition coefficient (Wildman–Crippen LogP) is 3.79. The van der Waals surface area contributed by atoms with E-state index in [1.165, 1.54) is 11.8 Å². The van der Waals surface area contributed by atoms with Gasteiger partial charge in [0, 0.05) is 5.25 Å². The maximum Gasteiger partial charge on any atom is 0.404 e. The van der Waals surface area contributed by atoms with Crippen molar-refractivity contribution in [3.8, 4) is 0 Å². The van der Waals surface area contributed by atoms with Gasteiger partial charge in [-0.15, -0.1) is 11.8 Å². The van der Waals surface area contributed by atoms with Gasteiger partial charge in [-0.05, 0) is 58.5 Å². The largest absolute Gasteiger partial charge is 0.404 e. The number of alkyl halides is 4. The Morgan fingerprint density at radius 1 is 1.12 bits per heavy atom. The molecule has 1 saturated carbocycles. The maximum absolute atomic E-state index is 13.4. The molecule has 2 fully saturated rings. The highest BCUT2D eigenvalue weighted by Gasteiger charge is 2.46. The van der Waals surface area contributed by atoms with Crippen LogP contribution in [0.2, 0.25) is 0 Å². The van der Waals surface area contributed by atoms with Crippen molar-refractivity contribution in [2.75, 3.05) is 14.1 Å². The monoisotopic (exact) mass is 390 g/mol. The molecule has 0 aromatic heterocycles. The zero-order valence-electron chi connectivity index (χ0n) is 13.9. The molecule has 1 heterocycles. The first-order valence-corrected chi connectivity index (χ1v) is 10.1. The van der Waals surface area contributed by atoms with E-state index in [4.69, 9.17) is 0 Å². The summed E-state index contributed by atoms with van der Waals surface area (Å²) in [5.74, 6) is -0.556. The van der Waals surface area contributed by atoms with Gasteiger partial charge in [-0.3, -0.25) is 9.62 Å². The lowest BCUT2D eigenvalue weighted by atomic mass is 9.83. The van der Waals surface area contributed by atoms with Crippen LogP contribution < -0.4 is 4.72 Å². The zero-order chi connectivity index (χ0) is 17.9. The van der Waals surface area contributed by atoms with E-state index in [2.05, 4.69) is 4.72 Å². The Morgan fingerprint density at radius 3 is 2.29 bits per heavy atom. The van der Waals surface area contributed by atoms with E-state index in [1.54, 1.807) is 19.0 Å². The molecule has 142 valence electrons. The molecular weight excluding hydrogens is 364 g/mol. The maximum atomic E-state index is 13.4. The average molecular weight is 391 g/mol. The number of aliphatic hydroxyl groups is 1. The van der Waals surface area contributed by atoms with E-state index in [-0.39, 0.29) is 35.5 Å². The lowest BCUT2D eigenvalue weighted by Crippen LogP contribution is -2.46. The van der Waals surface area contributed by atoms with Crippen LogP contribution in [0.3, 0.4) is 0 Å². The molecule has 1 aliphatic heterocycles. The first kappa shape index (κ1) is 20.6. The molecule has 4 unspecified atom stereocenters. The van der Waals surface area contributed by atoms with Crippen molar-refractivity contribution in [2.24, 2.45) is 5.92 Å². The van der Waals surface area contributed by atoms with E-state index in [1.807, 2.05) is 0 Å². The summed E-state index contributed by atoms with van der Waals surface area (Å²) in [5, 5.41) is 10.1. The Morgan fingerprint density at radius 2 is 1.75 bits per heavy atom. The molecular formula is C15H26F4N2OS2. The Kier molecular flexibility index (Phi) is 7.55. The second-order valence-electron chi connectivity index (χ2n) is 6.83. The van der Waals surface area contributed by atoms with Crippen LogP contribution in [0.5, 0.6) is 0 Å². The number of hydrogen-bond donors (Lipinski definition) is 2. The fourth-order valence-electron chi connectivity index (χ4n) is 3.26. The summed E-state index contributed by atoms with van der Waals surface area (Å²) < 4.78 is 55.9. The van der Waals surface area contributed by atoms with E-state index >= 15 is 0 Å². The van der Waals surface area contributed by atoms with Crippen LogP contribution in [-0.4, -0.2) is 58.6 Å². The third kappa shape index (κ3) is 5.65. The molecule has 2 rings (SSSR count). The van der Waals surface area contributed by atoms with Gasteiger partial charge in [-0.1, -0.05) is 11.9 Å². The number of aliphatic hydroxyl groups excluding tert-OH is 1. The van der Waals surface area contributed by atoms with Crippen LogP contribution in [0.1, 0.15) is 38.5 Å². The Bertz CT molecular complexity index is 392. The van der Waals surface area contributed by atoms with Gasteiger partial charge in [0.05, 0.1) is 4.58 Å². The van der Waals surface area contributed by atoms with Gasteiger partial charge in [-0.25, -0.2) is 4.39 Å². The second-order valence-corrected chi connectivity index (χ2v) is 9.61. The first-order valence-electron chi connectivity index (χ1n) is 8.30. The fraction of sp³-hybridized carbons (Fsp3) is 1.00. The number of halogens is 4. The molecule has 0 aromatic carbocycles. The zero-order valence-corrected chi connectivity index (χ0v) is 15.6. The number of nitrogens with one attached hydrogen (secondary N) is 1. The molecule has 0 bridgehead atoms. The van der Waals surface area contributed by atoms with E-state index in [0.717, 1.165) is 24.8 Å². The molecule has 2 N–H and O–H groups in total. The summed E-state index contributed by atoms with van der Waals surface area (Å²) in [6.07, 6.45) is -3.32. The van der Waals surface area contributed by atoms with Gasteiger partial charge < -0.3 is 5.11 Å². The van der Waals surface area contributed by atoms with Crippen molar-refractivity contribution < 1.29 is 22.7 Å². The minimum Gasteiger partial charge on any atom is -0.377 e. The standard InChI is InChI=1S/C15H26F4N2OS2/c1-21(2)14(22)11-7-8-12(23-11)24-20-13(15(17,18)19)9-3-5-10(16)6-4-9/h9-14,20,22H,3-8H2,1-2H3. The molecule has 24 heavy (non-hydrogen) atoms. The van der Waals surface area contributed by atoms with Crippen LogP contribution in [0.25, 0.3) is 0 Å². The quantitative estimate of drug-likeness (QED) is 0.410. The van der Waals surface area contributed by atoms with E-state index in [9.17, 15) is 22.7 Å². The third-order valence-corrected chi connectivity index (χ3v) is 7.61. The Labute approximate surface area is 149 Å². The smallest absolute Gasteiger partial charge is 0.377 e. The fourth-order valence-corrected chi connectivity index (χ4v) is 6.27. The third-order valence-electron chi connectivity index (χ3n) is 4.73. The molecule has 0 amide bonds. The van der Waals surface area contributed by atoms with Crippen LogP contribution >= 0.6 is 23.7 Å². The number of thioether (sulfide) groups is 1. The summed E-state index contributed by atoms with van der Waals surface area (Å²) in [4.78, 5) is 1.71. The van der Waals surface area contributed by atoms with Crippen LogP contribution in [0, 0.1) is 5.92 Å². The molecule has 3 nitrogen and oxygen atoms in total. The predicted molar refractivity (Wildman–Crippen MR) is 91.5 cm³/mol. The van der Waals surface area contributed by atoms with Crippen LogP contribution in [0.4, 0.5) is 17.6 Å². The van der Waals surface area contributed by atoms with Crippen molar-refractivity contribution >= 4 is 23.7 Å². The summed E-state index contributed by atoms with van der Waals surface area (Å²) in [6, 6.07) is -1.59. The summed E-state index contributed by atoms with van der Waals surface area (Å²) in [7, 11) is 3.57. The van der Waals surface area contributed by atoms with Gasteiger partial charge >= 0.3 is 6.18 Å². The van der Waals surface area contributed by atoms with E-state index in [0.29, 0.717) is 0 Å². The molecule has 1 aliphatic carbocycles. The number of rotatable bonds is 6. The molecule has 0 radical (unpaired) electrons. The van der Waals surface area contributed by atoms with Gasteiger partial charge in [0.1, 0.15) is 18.4 Å². The van der Waals surface area contributed by atoms with E-state index < -0.39 is 30.5 Å². The average Bonchev–Trinajstić information content (AvgIpc) is 2.96. The summed E-state index contributed by atoms with van der Waals surface area (Å²) in [6.45, 7) is 0. The lowest BCUT2D eigenvalue weighted by Gasteiger charge is -2.33. The van der Waals surface area contributed by atoms with Gasteiger partial charge in [-0.2, -0.15) is 13.2 Å². The van der Waals surface area contributed by atoms with Crippen molar-refractivity contribution in [3.63, 3.8) is 0 Å². The molecule has 0 aromatic rings. The van der Waals surface area contributed by atoms with Crippen molar-refractivity contribution in [1.82, 2.24) is 9.62 Å². The minimum atomic E-state index is -4.33. The Hall–Kier alpha value is 0.300. The lowest BCUT2D eigenvalue weighted by molar-refractivity contribution is -0.165. The molecule has 9 heteroatoms. The molecule has 4 atom stereocenters.